The van der Waals surface area contributed by atoms with Crippen LogP contribution in [0.2, 0.25) is 0 Å². The molecule has 6 heteroatoms. The van der Waals surface area contributed by atoms with Crippen molar-refractivity contribution in [3.05, 3.63) is 46.2 Å². The largest absolute Gasteiger partial charge is 0.497 e. The van der Waals surface area contributed by atoms with Gasteiger partial charge in [-0.25, -0.2) is 13.1 Å². The van der Waals surface area contributed by atoms with E-state index < -0.39 is 10.0 Å². The second kappa shape index (κ2) is 6.39. The molecular formula is C14H17NO3S2. The average molecular weight is 311 g/mol. The van der Waals surface area contributed by atoms with Crippen molar-refractivity contribution in [3.8, 4) is 5.75 Å². The van der Waals surface area contributed by atoms with Crippen LogP contribution in [0.4, 0.5) is 0 Å². The molecule has 0 unspecified atom stereocenters. The standard InChI is InChI=1S/C14H17NO3S2/c1-11-10-12(18-2)5-6-14(11)20(16,17)15-8-7-13-4-3-9-19-13/h3-6,9-10,15H,7-8H2,1-2H3. The summed E-state index contributed by atoms with van der Waals surface area (Å²) in [7, 11) is -1.91. The van der Waals surface area contributed by atoms with Crippen LogP contribution in [0.5, 0.6) is 5.75 Å². The van der Waals surface area contributed by atoms with Crippen molar-refractivity contribution in [2.45, 2.75) is 18.2 Å². The molecule has 0 aliphatic carbocycles. The molecule has 1 heterocycles. The zero-order valence-corrected chi connectivity index (χ0v) is 13.1. The van der Waals surface area contributed by atoms with Crippen LogP contribution in [0.25, 0.3) is 0 Å². The van der Waals surface area contributed by atoms with Gasteiger partial charge in [-0.3, -0.25) is 0 Å². The Kier molecular flexibility index (Phi) is 4.80. The molecule has 0 fully saturated rings. The zero-order valence-electron chi connectivity index (χ0n) is 11.4. The molecule has 0 amide bonds. The minimum atomic E-state index is -3.47. The van der Waals surface area contributed by atoms with Crippen LogP contribution in [0.3, 0.4) is 0 Å². The lowest BCUT2D eigenvalue weighted by Crippen LogP contribution is -2.26. The number of nitrogens with one attached hydrogen (secondary N) is 1. The van der Waals surface area contributed by atoms with Crippen molar-refractivity contribution in [2.24, 2.45) is 0 Å². The molecule has 2 aromatic rings. The van der Waals surface area contributed by atoms with Gasteiger partial charge in [-0.2, -0.15) is 0 Å². The van der Waals surface area contributed by atoms with E-state index in [2.05, 4.69) is 4.72 Å². The fraction of sp³-hybridized carbons (Fsp3) is 0.286. The first-order chi connectivity index (χ1) is 9.53. The van der Waals surface area contributed by atoms with Gasteiger partial charge in [-0.15, -0.1) is 11.3 Å². The Morgan fingerprint density at radius 3 is 2.70 bits per heavy atom. The fourth-order valence-corrected chi connectivity index (χ4v) is 3.86. The van der Waals surface area contributed by atoms with Crippen molar-refractivity contribution in [3.63, 3.8) is 0 Å². The molecule has 1 aromatic heterocycles. The molecule has 0 saturated heterocycles. The number of benzene rings is 1. The highest BCUT2D eigenvalue weighted by atomic mass is 32.2. The third-order valence-electron chi connectivity index (χ3n) is 2.92. The first-order valence-corrected chi connectivity index (χ1v) is 8.56. The quantitative estimate of drug-likeness (QED) is 0.892. The molecule has 0 aliphatic rings. The van der Waals surface area contributed by atoms with Gasteiger partial charge in [-0.05, 0) is 48.6 Å². The number of methoxy groups -OCH3 is 1. The number of sulfonamides is 1. The second-order valence-electron chi connectivity index (χ2n) is 4.36. The number of ether oxygens (including phenoxy) is 1. The van der Waals surface area contributed by atoms with E-state index in [9.17, 15) is 8.42 Å². The highest BCUT2D eigenvalue weighted by molar-refractivity contribution is 7.89. The third-order valence-corrected chi connectivity index (χ3v) is 5.47. The molecule has 0 atom stereocenters. The molecule has 0 spiro atoms. The minimum absolute atomic E-state index is 0.296. The van der Waals surface area contributed by atoms with Crippen LogP contribution < -0.4 is 9.46 Å². The lowest BCUT2D eigenvalue weighted by atomic mass is 10.2. The van der Waals surface area contributed by atoms with Crippen LogP contribution in [0, 0.1) is 6.92 Å². The van der Waals surface area contributed by atoms with Crippen LogP contribution in [-0.4, -0.2) is 22.1 Å². The summed E-state index contributed by atoms with van der Waals surface area (Å²) in [5, 5.41) is 1.98. The van der Waals surface area contributed by atoms with Gasteiger partial charge in [0.05, 0.1) is 12.0 Å². The number of thiophene rings is 1. The molecule has 0 bridgehead atoms. The van der Waals surface area contributed by atoms with Gasteiger partial charge < -0.3 is 4.74 Å². The van der Waals surface area contributed by atoms with Gasteiger partial charge >= 0.3 is 0 Å². The Morgan fingerprint density at radius 1 is 1.30 bits per heavy atom. The van der Waals surface area contributed by atoms with E-state index in [-0.39, 0.29) is 0 Å². The summed E-state index contributed by atoms with van der Waals surface area (Å²) in [5.41, 5.74) is 0.674. The monoisotopic (exact) mass is 311 g/mol. The molecule has 108 valence electrons. The van der Waals surface area contributed by atoms with E-state index in [4.69, 9.17) is 4.74 Å². The number of rotatable bonds is 6. The number of hydrogen-bond acceptors (Lipinski definition) is 4. The molecule has 20 heavy (non-hydrogen) atoms. The summed E-state index contributed by atoms with van der Waals surface area (Å²) < 4.78 is 32.2. The van der Waals surface area contributed by atoms with E-state index in [1.807, 2.05) is 17.5 Å². The molecule has 0 radical (unpaired) electrons. The van der Waals surface area contributed by atoms with Crippen molar-refractivity contribution >= 4 is 21.4 Å². The highest BCUT2D eigenvalue weighted by Gasteiger charge is 2.16. The molecule has 2 rings (SSSR count). The summed E-state index contributed by atoms with van der Waals surface area (Å²) >= 11 is 1.63. The van der Waals surface area contributed by atoms with Gasteiger partial charge in [0.25, 0.3) is 0 Å². The summed E-state index contributed by atoms with van der Waals surface area (Å²) in [6.07, 6.45) is 0.700. The molecule has 1 N–H and O–H groups in total. The Labute approximate surface area is 123 Å². The predicted molar refractivity (Wildman–Crippen MR) is 80.9 cm³/mol. The number of hydrogen-bond donors (Lipinski definition) is 1. The summed E-state index contributed by atoms with van der Waals surface area (Å²) in [5.74, 6) is 0.653. The van der Waals surface area contributed by atoms with Gasteiger partial charge in [0.15, 0.2) is 0 Å². The fourth-order valence-electron chi connectivity index (χ4n) is 1.89. The Morgan fingerprint density at radius 2 is 2.10 bits per heavy atom. The molecule has 1 aromatic carbocycles. The van der Waals surface area contributed by atoms with Crippen molar-refractivity contribution in [1.29, 1.82) is 0 Å². The van der Waals surface area contributed by atoms with Crippen molar-refractivity contribution < 1.29 is 13.2 Å². The Bertz CT molecular complexity index is 664. The summed E-state index contributed by atoms with van der Waals surface area (Å²) in [6, 6.07) is 8.90. The van der Waals surface area contributed by atoms with E-state index in [1.54, 1.807) is 43.6 Å². The van der Waals surface area contributed by atoms with Crippen molar-refractivity contribution in [2.75, 3.05) is 13.7 Å². The summed E-state index contributed by atoms with van der Waals surface area (Å²) in [4.78, 5) is 1.46. The van der Waals surface area contributed by atoms with Crippen LogP contribution >= 0.6 is 11.3 Å². The van der Waals surface area contributed by atoms with E-state index in [1.165, 1.54) is 4.88 Å². The first-order valence-electron chi connectivity index (χ1n) is 6.19. The SMILES string of the molecule is COc1ccc(S(=O)(=O)NCCc2cccs2)c(C)c1. The van der Waals surface area contributed by atoms with E-state index in [0.29, 0.717) is 29.2 Å². The van der Waals surface area contributed by atoms with Crippen molar-refractivity contribution in [1.82, 2.24) is 4.72 Å². The minimum Gasteiger partial charge on any atom is -0.497 e. The maximum Gasteiger partial charge on any atom is 0.240 e. The Hall–Kier alpha value is -1.37. The Balaban J connectivity index is 2.06. The summed E-state index contributed by atoms with van der Waals surface area (Å²) in [6.45, 7) is 2.16. The lowest BCUT2D eigenvalue weighted by Gasteiger charge is -2.10. The number of aryl methyl sites for hydroxylation is 1. The smallest absolute Gasteiger partial charge is 0.240 e. The van der Waals surface area contributed by atoms with E-state index in [0.717, 1.165) is 0 Å². The van der Waals surface area contributed by atoms with Gasteiger partial charge in [0.2, 0.25) is 10.0 Å². The molecular weight excluding hydrogens is 294 g/mol. The normalized spacial score (nSPS) is 11.5. The van der Waals surface area contributed by atoms with E-state index >= 15 is 0 Å². The second-order valence-corrected chi connectivity index (χ2v) is 7.13. The van der Waals surface area contributed by atoms with Crippen LogP contribution in [0.1, 0.15) is 10.4 Å². The maximum atomic E-state index is 12.2. The topological polar surface area (TPSA) is 55.4 Å². The van der Waals surface area contributed by atoms with Gasteiger partial charge in [0.1, 0.15) is 5.75 Å². The van der Waals surface area contributed by atoms with Crippen LogP contribution in [0.15, 0.2) is 40.6 Å². The first kappa shape index (κ1) is 15.0. The zero-order chi connectivity index (χ0) is 14.6. The molecule has 0 saturated carbocycles. The lowest BCUT2D eigenvalue weighted by molar-refractivity contribution is 0.414. The third kappa shape index (κ3) is 3.59. The maximum absolute atomic E-state index is 12.2. The average Bonchev–Trinajstić information content (AvgIpc) is 2.91. The van der Waals surface area contributed by atoms with Gasteiger partial charge in [0, 0.05) is 11.4 Å². The highest BCUT2D eigenvalue weighted by Crippen LogP contribution is 2.20. The van der Waals surface area contributed by atoms with Gasteiger partial charge in [-0.1, -0.05) is 6.07 Å². The molecule has 4 nitrogen and oxygen atoms in total. The van der Waals surface area contributed by atoms with Crippen LogP contribution in [-0.2, 0) is 16.4 Å². The molecule has 0 aliphatic heterocycles. The predicted octanol–water partition coefficient (Wildman–Crippen LogP) is 2.59.